The molecule has 1 aliphatic carbocycles. The molecule has 0 aliphatic heterocycles. The summed E-state index contributed by atoms with van der Waals surface area (Å²) in [4.78, 5) is 15.8. The Morgan fingerprint density at radius 1 is 1.50 bits per heavy atom. The molecule has 0 saturated heterocycles. The van der Waals surface area contributed by atoms with Gasteiger partial charge in [-0.2, -0.15) is 4.98 Å². The Balaban J connectivity index is 1.68. The first-order chi connectivity index (χ1) is 8.57. The molecule has 1 heterocycles. The van der Waals surface area contributed by atoms with Crippen molar-refractivity contribution >= 4 is 5.91 Å². The molecule has 0 atom stereocenters. The molecule has 1 aliphatic rings. The molecule has 1 fully saturated rings. The topological polar surface area (TPSA) is 94.0 Å². The Hall–Kier alpha value is -1.43. The van der Waals surface area contributed by atoms with E-state index in [4.69, 9.17) is 10.3 Å². The molecule has 6 heteroatoms. The second kappa shape index (κ2) is 5.48. The Bertz CT molecular complexity index is 410. The van der Waals surface area contributed by atoms with Gasteiger partial charge in [0.15, 0.2) is 5.82 Å². The molecule has 1 aromatic heterocycles. The van der Waals surface area contributed by atoms with E-state index >= 15 is 0 Å². The molecule has 100 valence electrons. The van der Waals surface area contributed by atoms with Crippen LogP contribution in [0, 0.1) is 6.92 Å². The molecule has 0 radical (unpaired) electrons. The molecule has 1 saturated carbocycles. The van der Waals surface area contributed by atoms with Crippen molar-refractivity contribution in [3.05, 3.63) is 11.7 Å². The number of amides is 1. The fourth-order valence-corrected chi connectivity index (χ4v) is 2.39. The predicted molar refractivity (Wildman–Crippen MR) is 65.8 cm³/mol. The number of carbonyl (C=O) groups is 1. The lowest BCUT2D eigenvalue weighted by molar-refractivity contribution is -0.122. The first-order valence-corrected chi connectivity index (χ1v) is 6.42. The highest BCUT2D eigenvalue weighted by atomic mass is 16.5. The van der Waals surface area contributed by atoms with Gasteiger partial charge in [-0.05, 0) is 12.8 Å². The molecule has 0 unspecified atom stereocenters. The van der Waals surface area contributed by atoms with E-state index in [0.717, 1.165) is 25.7 Å². The van der Waals surface area contributed by atoms with Gasteiger partial charge in [-0.3, -0.25) is 4.79 Å². The Kier molecular flexibility index (Phi) is 3.96. The third-order valence-electron chi connectivity index (χ3n) is 3.35. The minimum atomic E-state index is -0.285. The predicted octanol–water partition coefficient (Wildman–Crippen LogP) is 0.698. The van der Waals surface area contributed by atoms with Gasteiger partial charge >= 0.3 is 0 Å². The molecule has 0 aromatic carbocycles. The van der Waals surface area contributed by atoms with Gasteiger partial charge in [0.2, 0.25) is 11.8 Å². The van der Waals surface area contributed by atoms with Crippen LogP contribution in [0.1, 0.15) is 43.8 Å². The van der Waals surface area contributed by atoms with E-state index < -0.39 is 0 Å². The lowest BCUT2D eigenvalue weighted by Crippen LogP contribution is -2.42. The van der Waals surface area contributed by atoms with E-state index in [1.807, 2.05) is 0 Å². The van der Waals surface area contributed by atoms with Crippen LogP contribution in [-0.4, -0.2) is 28.1 Å². The Labute approximate surface area is 106 Å². The highest BCUT2D eigenvalue weighted by Crippen LogP contribution is 2.29. The van der Waals surface area contributed by atoms with Gasteiger partial charge in [-0.15, -0.1) is 0 Å². The smallest absolute Gasteiger partial charge is 0.223 e. The normalized spacial score (nSPS) is 17.9. The molecule has 6 nitrogen and oxygen atoms in total. The number of hydrogen-bond acceptors (Lipinski definition) is 5. The van der Waals surface area contributed by atoms with Crippen molar-refractivity contribution in [2.75, 3.05) is 6.54 Å². The molecular formula is C12H20N4O2. The highest BCUT2D eigenvalue weighted by molar-refractivity contribution is 5.77. The van der Waals surface area contributed by atoms with Gasteiger partial charge in [0.1, 0.15) is 0 Å². The van der Waals surface area contributed by atoms with Crippen molar-refractivity contribution in [2.24, 2.45) is 5.73 Å². The molecule has 18 heavy (non-hydrogen) atoms. The van der Waals surface area contributed by atoms with Gasteiger partial charge < -0.3 is 15.6 Å². The summed E-state index contributed by atoms with van der Waals surface area (Å²) in [5.74, 6) is 1.18. The molecule has 1 amide bonds. The zero-order valence-electron chi connectivity index (χ0n) is 10.7. The first kappa shape index (κ1) is 13.0. The monoisotopic (exact) mass is 252 g/mol. The van der Waals surface area contributed by atoms with Gasteiger partial charge in [0.25, 0.3) is 0 Å². The number of rotatable bonds is 5. The number of hydrogen-bond donors (Lipinski definition) is 2. The van der Waals surface area contributed by atoms with Crippen LogP contribution in [0.15, 0.2) is 4.52 Å². The van der Waals surface area contributed by atoms with E-state index in [9.17, 15) is 4.79 Å². The highest BCUT2D eigenvalue weighted by Gasteiger charge is 2.31. The fourth-order valence-electron chi connectivity index (χ4n) is 2.39. The van der Waals surface area contributed by atoms with Crippen LogP contribution in [0.25, 0.3) is 0 Å². The minimum Gasteiger partial charge on any atom is -0.356 e. The second-order valence-electron chi connectivity index (χ2n) is 5.08. The summed E-state index contributed by atoms with van der Waals surface area (Å²) in [6, 6.07) is 0. The van der Waals surface area contributed by atoms with Crippen molar-refractivity contribution in [3.8, 4) is 0 Å². The maximum absolute atomic E-state index is 11.7. The molecule has 2 rings (SSSR count). The lowest BCUT2D eigenvalue weighted by atomic mass is 9.94. The summed E-state index contributed by atoms with van der Waals surface area (Å²) in [5.41, 5.74) is 5.86. The van der Waals surface area contributed by atoms with Gasteiger partial charge in [0, 0.05) is 31.8 Å². The third-order valence-corrected chi connectivity index (χ3v) is 3.35. The van der Waals surface area contributed by atoms with Crippen LogP contribution in [-0.2, 0) is 11.2 Å². The zero-order valence-corrected chi connectivity index (χ0v) is 10.7. The molecular weight excluding hydrogens is 232 g/mol. The number of nitrogens with zero attached hydrogens (tertiary/aromatic N) is 2. The average molecular weight is 252 g/mol. The Morgan fingerprint density at radius 2 is 2.22 bits per heavy atom. The molecule has 0 spiro atoms. The van der Waals surface area contributed by atoms with Crippen molar-refractivity contribution < 1.29 is 9.32 Å². The van der Waals surface area contributed by atoms with Crippen LogP contribution in [0.4, 0.5) is 0 Å². The zero-order chi connectivity index (χ0) is 13.0. The summed E-state index contributed by atoms with van der Waals surface area (Å²) in [7, 11) is 0. The maximum Gasteiger partial charge on any atom is 0.223 e. The van der Waals surface area contributed by atoms with E-state index in [1.54, 1.807) is 6.92 Å². The largest absolute Gasteiger partial charge is 0.356 e. The summed E-state index contributed by atoms with van der Waals surface area (Å²) in [5, 5.41) is 6.62. The minimum absolute atomic E-state index is 0.0135. The summed E-state index contributed by atoms with van der Waals surface area (Å²) in [6.45, 7) is 2.27. The number of aromatic nitrogens is 2. The van der Waals surface area contributed by atoms with E-state index in [1.165, 1.54) is 0 Å². The van der Waals surface area contributed by atoms with Gasteiger partial charge in [-0.25, -0.2) is 0 Å². The summed E-state index contributed by atoms with van der Waals surface area (Å²) < 4.78 is 4.85. The van der Waals surface area contributed by atoms with E-state index in [-0.39, 0.29) is 11.4 Å². The van der Waals surface area contributed by atoms with Crippen LogP contribution >= 0.6 is 0 Å². The summed E-state index contributed by atoms with van der Waals surface area (Å²) in [6.07, 6.45) is 5.16. The van der Waals surface area contributed by atoms with Crippen LogP contribution in [0.3, 0.4) is 0 Å². The molecule has 1 aromatic rings. The number of nitrogens with one attached hydrogen (secondary N) is 1. The fraction of sp³-hybridized carbons (Fsp3) is 0.750. The number of nitrogens with two attached hydrogens (primary N) is 1. The van der Waals surface area contributed by atoms with Gasteiger partial charge in [0.05, 0.1) is 0 Å². The van der Waals surface area contributed by atoms with Crippen LogP contribution < -0.4 is 11.1 Å². The first-order valence-electron chi connectivity index (χ1n) is 6.42. The SMILES string of the molecule is Cc1nc(CCNC(=O)CC2(N)CCCC2)no1. The van der Waals surface area contributed by atoms with Crippen molar-refractivity contribution in [1.29, 1.82) is 0 Å². The van der Waals surface area contributed by atoms with E-state index in [2.05, 4.69) is 15.5 Å². The number of aryl methyl sites for hydroxylation is 1. The van der Waals surface area contributed by atoms with Gasteiger partial charge in [-0.1, -0.05) is 18.0 Å². The summed E-state index contributed by atoms with van der Waals surface area (Å²) >= 11 is 0. The van der Waals surface area contributed by atoms with Crippen LogP contribution in [0.5, 0.6) is 0 Å². The molecule has 0 bridgehead atoms. The number of carbonyl (C=O) groups excluding carboxylic acids is 1. The standard InChI is InChI=1S/C12H20N4O2/c1-9-15-10(16-18-9)4-7-14-11(17)8-12(13)5-2-3-6-12/h2-8,13H2,1H3,(H,14,17). The van der Waals surface area contributed by atoms with Crippen molar-refractivity contribution in [2.45, 2.75) is 51.0 Å². The molecule has 3 N–H and O–H groups in total. The van der Waals surface area contributed by atoms with Crippen molar-refractivity contribution in [3.63, 3.8) is 0 Å². The quantitative estimate of drug-likeness (QED) is 0.804. The lowest BCUT2D eigenvalue weighted by Gasteiger charge is -2.22. The van der Waals surface area contributed by atoms with Crippen LogP contribution in [0.2, 0.25) is 0 Å². The second-order valence-corrected chi connectivity index (χ2v) is 5.08. The third kappa shape index (κ3) is 3.53. The average Bonchev–Trinajstić information content (AvgIpc) is 2.88. The maximum atomic E-state index is 11.7. The Morgan fingerprint density at radius 3 is 2.83 bits per heavy atom. The van der Waals surface area contributed by atoms with E-state index in [0.29, 0.717) is 31.1 Å². The van der Waals surface area contributed by atoms with Crippen molar-refractivity contribution in [1.82, 2.24) is 15.5 Å².